The van der Waals surface area contributed by atoms with E-state index in [1.807, 2.05) is 18.2 Å². The molecule has 0 unspecified atom stereocenters. The molecule has 3 aromatic rings. The van der Waals surface area contributed by atoms with E-state index in [0.29, 0.717) is 10.4 Å². The monoisotopic (exact) mass is 330 g/mol. The van der Waals surface area contributed by atoms with Crippen LogP contribution in [-0.2, 0) is 11.3 Å². The fraction of sp³-hybridized carbons (Fsp3) is 0.0769. The molecular formula is C13H10N6O3S. The van der Waals surface area contributed by atoms with Crippen molar-refractivity contribution in [3.63, 3.8) is 0 Å². The van der Waals surface area contributed by atoms with Gasteiger partial charge < -0.3 is 0 Å². The summed E-state index contributed by atoms with van der Waals surface area (Å²) in [6.07, 6.45) is 1.36. The van der Waals surface area contributed by atoms with Crippen molar-refractivity contribution < 1.29 is 9.72 Å². The summed E-state index contributed by atoms with van der Waals surface area (Å²) < 4.78 is 1.47. The molecule has 2 aromatic heterocycles. The molecule has 0 fully saturated rings. The molecule has 0 atom stereocenters. The number of nitrogens with one attached hydrogen (secondary N) is 1. The summed E-state index contributed by atoms with van der Waals surface area (Å²) in [4.78, 5) is 22.5. The number of carbonyl (C=O) groups excluding carboxylic acids is 1. The first kappa shape index (κ1) is 14.8. The third kappa shape index (κ3) is 3.37. The molecule has 3 rings (SSSR count). The second-order valence-electron chi connectivity index (χ2n) is 4.46. The number of hydrazone groups is 1. The van der Waals surface area contributed by atoms with Gasteiger partial charge in [0.05, 0.1) is 21.5 Å². The van der Waals surface area contributed by atoms with Crippen LogP contribution in [0, 0.1) is 10.1 Å². The molecular weight excluding hydrogens is 320 g/mol. The molecule has 2 heterocycles. The summed E-state index contributed by atoms with van der Waals surface area (Å²) in [5.41, 5.74) is 3.81. The van der Waals surface area contributed by atoms with Gasteiger partial charge in [0.25, 0.3) is 5.91 Å². The normalized spacial score (nSPS) is 11.1. The van der Waals surface area contributed by atoms with Gasteiger partial charge in [-0.1, -0.05) is 28.7 Å². The zero-order valence-corrected chi connectivity index (χ0v) is 12.4. The van der Waals surface area contributed by atoms with Gasteiger partial charge in [0.2, 0.25) is 0 Å². The lowest BCUT2D eigenvalue weighted by molar-refractivity contribution is -0.380. The Morgan fingerprint density at radius 3 is 3.00 bits per heavy atom. The molecule has 0 saturated carbocycles. The lowest BCUT2D eigenvalue weighted by Crippen LogP contribution is -2.23. The van der Waals surface area contributed by atoms with Crippen LogP contribution >= 0.6 is 11.3 Å². The molecule has 0 radical (unpaired) electrons. The topological polar surface area (TPSA) is 115 Å². The van der Waals surface area contributed by atoms with Crippen LogP contribution in [0.25, 0.3) is 11.0 Å². The highest BCUT2D eigenvalue weighted by atomic mass is 32.1. The number of para-hydroxylation sites is 1. The van der Waals surface area contributed by atoms with E-state index in [1.54, 1.807) is 12.1 Å². The van der Waals surface area contributed by atoms with Gasteiger partial charge in [-0.15, -0.1) is 5.10 Å². The Morgan fingerprint density at radius 1 is 1.39 bits per heavy atom. The Labute approximate surface area is 133 Å². The van der Waals surface area contributed by atoms with E-state index in [0.717, 1.165) is 16.9 Å². The maximum Gasteiger partial charge on any atom is 0.324 e. The number of hydrogen-bond donors (Lipinski definition) is 1. The molecule has 9 nitrogen and oxygen atoms in total. The summed E-state index contributed by atoms with van der Waals surface area (Å²) in [5, 5.41) is 22.2. The van der Waals surface area contributed by atoms with Crippen molar-refractivity contribution in [2.45, 2.75) is 6.54 Å². The number of hydrogen-bond acceptors (Lipinski definition) is 7. The standard InChI is InChI=1S/C13H10N6O3S/c20-12(8-18-11-4-2-1-3-10(11)15-17-18)16-14-7-9-5-6-13(23-9)19(21)22/h1-7H,8H2,(H,16,20). The summed E-state index contributed by atoms with van der Waals surface area (Å²) >= 11 is 0.973. The highest BCUT2D eigenvalue weighted by Gasteiger charge is 2.09. The van der Waals surface area contributed by atoms with Crippen molar-refractivity contribution in [3.05, 3.63) is 51.4 Å². The number of aromatic nitrogens is 3. The molecule has 0 aliphatic heterocycles. The predicted octanol–water partition coefficient (Wildman–Crippen LogP) is 1.55. The van der Waals surface area contributed by atoms with Crippen LogP contribution in [-0.4, -0.2) is 32.0 Å². The first-order valence-electron chi connectivity index (χ1n) is 6.48. The number of thiophene rings is 1. The Morgan fingerprint density at radius 2 is 2.22 bits per heavy atom. The van der Waals surface area contributed by atoms with Gasteiger partial charge >= 0.3 is 5.00 Å². The van der Waals surface area contributed by atoms with Gasteiger partial charge in [-0.25, -0.2) is 10.1 Å². The number of fused-ring (bicyclic) bond motifs is 1. The number of nitro groups is 1. The average Bonchev–Trinajstić information content (AvgIpc) is 3.15. The zero-order valence-electron chi connectivity index (χ0n) is 11.6. The Bertz CT molecular complexity index is 900. The molecule has 10 heteroatoms. The fourth-order valence-electron chi connectivity index (χ4n) is 1.88. The third-order valence-corrected chi connectivity index (χ3v) is 3.86. The molecule has 1 N–H and O–H groups in total. The lowest BCUT2D eigenvalue weighted by atomic mass is 10.3. The Balaban J connectivity index is 1.61. The first-order valence-corrected chi connectivity index (χ1v) is 7.29. The van der Waals surface area contributed by atoms with Crippen LogP contribution in [0.5, 0.6) is 0 Å². The van der Waals surface area contributed by atoms with E-state index in [1.165, 1.54) is 17.0 Å². The average molecular weight is 330 g/mol. The maximum absolute atomic E-state index is 11.8. The predicted molar refractivity (Wildman–Crippen MR) is 84.2 cm³/mol. The molecule has 0 bridgehead atoms. The van der Waals surface area contributed by atoms with Gasteiger partial charge in [-0.2, -0.15) is 5.10 Å². The minimum Gasteiger partial charge on any atom is -0.271 e. The van der Waals surface area contributed by atoms with Gasteiger partial charge in [-0.05, 0) is 18.2 Å². The minimum atomic E-state index is -0.476. The molecule has 0 spiro atoms. The van der Waals surface area contributed by atoms with E-state index < -0.39 is 4.92 Å². The number of carbonyl (C=O) groups is 1. The van der Waals surface area contributed by atoms with Crippen molar-refractivity contribution in [1.29, 1.82) is 0 Å². The van der Waals surface area contributed by atoms with Crippen LogP contribution in [0.2, 0.25) is 0 Å². The van der Waals surface area contributed by atoms with E-state index in [-0.39, 0.29) is 17.5 Å². The van der Waals surface area contributed by atoms with Gasteiger partial charge in [0.1, 0.15) is 12.1 Å². The smallest absolute Gasteiger partial charge is 0.271 e. The molecule has 1 amide bonds. The summed E-state index contributed by atoms with van der Waals surface area (Å²) in [6, 6.07) is 10.2. The van der Waals surface area contributed by atoms with E-state index in [4.69, 9.17) is 0 Å². The third-order valence-electron chi connectivity index (χ3n) is 2.89. The number of amides is 1. The van der Waals surface area contributed by atoms with Crippen molar-refractivity contribution in [1.82, 2.24) is 20.4 Å². The van der Waals surface area contributed by atoms with Crippen LogP contribution in [0.3, 0.4) is 0 Å². The highest BCUT2D eigenvalue weighted by Crippen LogP contribution is 2.22. The first-order chi connectivity index (χ1) is 11.1. The molecule has 116 valence electrons. The van der Waals surface area contributed by atoms with Gasteiger partial charge in [-0.3, -0.25) is 14.9 Å². The Hall–Kier alpha value is -3.14. The highest BCUT2D eigenvalue weighted by molar-refractivity contribution is 7.16. The number of nitrogens with zero attached hydrogens (tertiary/aromatic N) is 5. The van der Waals surface area contributed by atoms with Crippen LogP contribution in [0.1, 0.15) is 4.88 Å². The van der Waals surface area contributed by atoms with Gasteiger partial charge in [0, 0.05) is 6.07 Å². The molecule has 0 saturated heterocycles. The second-order valence-corrected chi connectivity index (χ2v) is 5.56. The molecule has 0 aliphatic carbocycles. The molecule has 0 aliphatic rings. The minimum absolute atomic E-state index is 0.0202. The fourth-order valence-corrected chi connectivity index (χ4v) is 2.58. The van der Waals surface area contributed by atoms with E-state index in [2.05, 4.69) is 20.8 Å². The molecule has 23 heavy (non-hydrogen) atoms. The van der Waals surface area contributed by atoms with Crippen LogP contribution in [0.15, 0.2) is 41.5 Å². The van der Waals surface area contributed by atoms with Gasteiger partial charge in [0.15, 0.2) is 0 Å². The zero-order chi connectivity index (χ0) is 16.2. The van der Waals surface area contributed by atoms with Crippen molar-refractivity contribution >= 4 is 39.5 Å². The van der Waals surface area contributed by atoms with Crippen molar-refractivity contribution in [2.24, 2.45) is 5.10 Å². The number of benzene rings is 1. The lowest BCUT2D eigenvalue weighted by Gasteiger charge is -2.00. The van der Waals surface area contributed by atoms with E-state index >= 15 is 0 Å². The SMILES string of the molecule is O=C(Cn1nnc2ccccc21)NN=Cc1ccc([N+](=O)[O-])s1. The summed E-state index contributed by atoms with van der Waals surface area (Å²) in [5.74, 6) is -0.372. The van der Waals surface area contributed by atoms with Crippen molar-refractivity contribution in [2.75, 3.05) is 0 Å². The second kappa shape index (κ2) is 6.32. The summed E-state index contributed by atoms with van der Waals surface area (Å²) in [6.45, 7) is -0.0254. The largest absolute Gasteiger partial charge is 0.324 e. The quantitative estimate of drug-likeness (QED) is 0.433. The van der Waals surface area contributed by atoms with Crippen LogP contribution < -0.4 is 5.43 Å². The Kier molecular flexibility index (Phi) is 4.06. The van der Waals surface area contributed by atoms with Crippen molar-refractivity contribution in [3.8, 4) is 0 Å². The number of rotatable bonds is 5. The van der Waals surface area contributed by atoms with Crippen LogP contribution in [0.4, 0.5) is 5.00 Å². The summed E-state index contributed by atoms with van der Waals surface area (Å²) in [7, 11) is 0. The maximum atomic E-state index is 11.8. The molecule has 1 aromatic carbocycles. The van der Waals surface area contributed by atoms with E-state index in [9.17, 15) is 14.9 Å².